The predicted molar refractivity (Wildman–Crippen MR) is 67.7 cm³/mol. The first-order valence-corrected chi connectivity index (χ1v) is 6.16. The summed E-state index contributed by atoms with van der Waals surface area (Å²) < 4.78 is 5.99. The molecule has 0 bridgehead atoms. The van der Waals surface area contributed by atoms with E-state index in [2.05, 4.69) is 27.3 Å². The van der Waals surface area contributed by atoms with Gasteiger partial charge in [-0.15, -0.1) is 0 Å². The molecule has 5 heteroatoms. The molecule has 0 spiro atoms. The molecule has 1 fully saturated rings. The van der Waals surface area contributed by atoms with E-state index in [-0.39, 0.29) is 0 Å². The summed E-state index contributed by atoms with van der Waals surface area (Å²) in [6.07, 6.45) is 0.647. The van der Waals surface area contributed by atoms with Crippen molar-refractivity contribution in [3.63, 3.8) is 0 Å². The number of benzene rings is 1. The number of halogens is 1. The van der Waals surface area contributed by atoms with Crippen molar-refractivity contribution in [2.24, 2.45) is 0 Å². The zero-order chi connectivity index (χ0) is 12.3. The second-order valence-corrected chi connectivity index (χ2v) is 5.04. The Morgan fingerprint density at radius 2 is 2.41 bits per heavy atom. The van der Waals surface area contributed by atoms with Crippen LogP contribution in [0.5, 0.6) is 0 Å². The third-order valence-corrected chi connectivity index (χ3v) is 3.44. The lowest BCUT2D eigenvalue weighted by molar-refractivity contribution is 0.0382. The molecule has 1 aliphatic rings. The highest BCUT2D eigenvalue weighted by atomic mass is 79.9. The highest BCUT2D eigenvalue weighted by Crippen LogP contribution is 2.25. The van der Waals surface area contributed by atoms with Gasteiger partial charge in [0.05, 0.1) is 18.2 Å². The van der Waals surface area contributed by atoms with E-state index >= 15 is 0 Å². The van der Waals surface area contributed by atoms with Crippen molar-refractivity contribution >= 4 is 21.6 Å². The maximum absolute atomic E-state index is 10.1. The minimum atomic E-state index is -0.784. The summed E-state index contributed by atoms with van der Waals surface area (Å²) >= 11 is 3.39. The quantitative estimate of drug-likeness (QED) is 0.894. The molecule has 0 saturated carbocycles. The summed E-state index contributed by atoms with van der Waals surface area (Å²) in [6.45, 7) is 1.41. The van der Waals surface area contributed by atoms with Crippen LogP contribution in [0.1, 0.15) is 12.0 Å². The van der Waals surface area contributed by atoms with E-state index in [0.717, 1.165) is 10.2 Å². The van der Waals surface area contributed by atoms with Crippen LogP contribution in [0.4, 0.5) is 5.69 Å². The molecule has 1 aromatic carbocycles. The molecule has 1 unspecified atom stereocenters. The van der Waals surface area contributed by atoms with Crippen LogP contribution in [0.2, 0.25) is 0 Å². The van der Waals surface area contributed by atoms with E-state index in [1.807, 2.05) is 6.07 Å². The summed E-state index contributed by atoms with van der Waals surface area (Å²) in [5.41, 5.74) is 0.683. The zero-order valence-electron chi connectivity index (χ0n) is 9.24. The molecule has 0 radical (unpaired) electrons. The molecular formula is C12H13BrN2O2. The molecule has 0 amide bonds. The molecule has 4 nitrogen and oxygen atoms in total. The van der Waals surface area contributed by atoms with Gasteiger partial charge in [-0.1, -0.05) is 0 Å². The highest BCUT2D eigenvalue weighted by molar-refractivity contribution is 9.10. The second-order valence-electron chi connectivity index (χ2n) is 4.19. The van der Waals surface area contributed by atoms with Crippen LogP contribution in [-0.2, 0) is 4.74 Å². The van der Waals surface area contributed by atoms with E-state index in [1.165, 1.54) is 0 Å². The number of nitrogens with one attached hydrogen (secondary N) is 1. The van der Waals surface area contributed by atoms with E-state index in [1.54, 1.807) is 12.1 Å². The fourth-order valence-electron chi connectivity index (χ4n) is 1.72. The molecule has 1 aromatic rings. The smallest absolute Gasteiger partial charge is 0.107 e. The normalized spacial score (nSPS) is 23.4. The SMILES string of the molecule is N#Cc1ccc(NCC2(O)CCOC2)c(Br)c1. The molecule has 0 aromatic heterocycles. The predicted octanol–water partition coefficient (Wildman–Crippen LogP) is 1.88. The topological polar surface area (TPSA) is 65.3 Å². The van der Waals surface area contributed by atoms with Gasteiger partial charge < -0.3 is 15.2 Å². The van der Waals surface area contributed by atoms with Crippen LogP contribution in [-0.4, -0.2) is 30.5 Å². The highest BCUT2D eigenvalue weighted by Gasteiger charge is 2.31. The van der Waals surface area contributed by atoms with E-state index in [4.69, 9.17) is 10.00 Å². The number of hydrogen-bond donors (Lipinski definition) is 2. The first-order chi connectivity index (χ1) is 8.13. The fraction of sp³-hybridized carbons (Fsp3) is 0.417. The summed E-state index contributed by atoms with van der Waals surface area (Å²) in [7, 11) is 0. The summed E-state index contributed by atoms with van der Waals surface area (Å²) in [5, 5.41) is 22.0. The number of nitriles is 1. The van der Waals surface area contributed by atoms with Gasteiger partial charge in [-0.2, -0.15) is 5.26 Å². The van der Waals surface area contributed by atoms with Crippen LogP contribution in [0.25, 0.3) is 0 Å². The minimum absolute atomic E-state index is 0.369. The Labute approximate surface area is 108 Å². The molecule has 1 saturated heterocycles. The van der Waals surface area contributed by atoms with E-state index in [0.29, 0.717) is 31.7 Å². The van der Waals surface area contributed by atoms with Gasteiger partial charge in [0, 0.05) is 29.7 Å². The van der Waals surface area contributed by atoms with Gasteiger partial charge >= 0.3 is 0 Å². The lowest BCUT2D eigenvalue weighted by atomic mass is 10.0. The molecule has 1 aliphatic heterocycles. The first kappa shape index (κ1) is 12.4. The Hall–Kier alpha value is -1.09. The van der Waals surface area contributed by atoms with Gasteiger partial charge in [0.2, 0.25) is 0 Å². The van der Waals surface area contributed by atoms with E-state index in [9.17, 15) is 5.11 Å². The number of hydrogen-bond acceptors (Lipinski definition) is 4. The van der Waals surface area contributed by atoms with Crippen LogP contribution in [0.3, 0.4) is 0 Å². The number of nitrogens with zero attached hydrogens (tertiary/aromatic N) is 1. The van der Waals surface area contributed by atoms with Gasteiger partial charge in [0.25, 0.3) is 0 Å². The molecular weight excluding hydrogens is 284 g/mol. The van der Waals surface area contributed by atoms with Gasteiger partial charge in [0.1, 0.15) is 5.60 Å². The van der Waals surface area contributed by atoms with Crippen LogP contribution in [0, 0.1) is 11.3 Å². The third kappa shape index (κ3) is 2.97. The van der Waals surface area contributed by atoms with E-state index < -0.39 is 5.60 Å². The van der Waals surface area contributed by atoms with Crippen molar-refractivity contribution in [2.75, 3.05) is 25.1 Å². The maximum atomic E-state index is 10.1. The number of ether oxygens (including phenoxy) is 1. The fourth-order valence-corrected chi connectivity index (χ4v) is 2.24. The monoisotopic (exact) mass is 296 g/mol. The molecule has 17 heavy (non-hydrogen) atoms. The molecule has 0 aliphatic carbocycles. The first-order valence-electron chi connectivity index (χ1n) is 5.37. The molecule has 90 valence electrons. The lowest BCUT2D eigenvalue weighted by Gasteiger charge is -2.21. The average Bonchev–Trinajstić information content (AvgIpc) is 2.75. The Bertz CT molecular complexity index is 450. The Balaban J connectivity index is 2.02. The van der Waals surface area contributed by atoms with Crippen LogP contribution < -0.4 is 5.32 Å². The van der Waals surface area contributed by atoms with Crippen LogP contribution in [0.15, 0.2) is 22.7 Å². The second kappa shape index (κ2) is 5.05. The number of rotatable bonds is 3. The summed E-state index contributed by atoms with van der Waals surface area (Å²) in [6, 6.07) is 7.38. The zero-order valence-corrected chi connectivity index (χ0v) is 10.8. The lowest BCUT2D eigenvalue weighted by Crippen LogP contribution is -2.37. The van der Waals surface area contributed by atoms with Gasteiger partial charge in [-0.25, -0.2) is 0 Å². The van der Waals surface area contributed by atoms with Crippen LogP contribution >= 0.6 is 15.9 Å². The Morgan fingerprint density at radius 1 is 1.59 bits per heavy atom. The maximum Gasteiger partial charge on any atom is 0.107 e. The summed E-state index contributed by atoms with van der Waals surface area (Å²) in [4.78, 5) is 0. The van der Waals surface area contributed by atoms with Gasteiger partial charge in [-0.05, 0) is 34.1 Å². The average molecular weight is 297 g/mol. The number of anilines is 1. The standard InChI is InChI=1S/C12H13BrN2O2/c13-10-5-9(6-14)1-2-11(10)15-7-12(16)3-4-17-8-12/h1-2,5,15-16H,3-4,7-8H2. The Morgan fingerprint density at radius 3 is 3.00 bits per heavy atom. The largest absolute Gasteiger partial charge is 0.386 e. The molecule has 2 N–H and O–H groups in total. The third-order valence-electron chi connectivity index (χ3n) is 2.79. The number of aliphatic hydroxyl groups is 1. The van der Waals surface area contributed by atoms with Crippen molar-refractivity contribution in [3.8, 4) is 6.07 Å². The van der Waals surface area contributed by atoms with Crippen molar-refractivity contribution in [2.45, 2.75) is 12.0 Å². The van der Waals surface area contributed by atoms with Gasteiger partial charge in [0.15, 0.2) is 0 Å². The molecule has 2 rings (SSSR count). The van der Waals surface area contributed by atoms with Crippen molar-refractivity contribution < 1.29 is 9.84 Å². The van der Waals surface area contributed by atoms with Crippen molar-refractivity contribution in [3.05, 3.63) is 28.2 Å². The minimum Gasteiger partial charge on any atom is -0.386 e. The van der Waals surface area contributed by atoms with Gasteiger partial charge in [-0.3, -0.25) is 0 Å². The summed E-state index contributed by atoms with van der Waals surface area (Å²) in [5.74, 6) is 0. The van der Waals surface area contributed by atoms with Crippen molar-refractivity contribution in [1.82, 2.24) is 0 Å². The molecule has 1 atom stereocenters. The van der Waals surface area contributed by atoms with Crippen molar-refractivity contribution in [1.29, 1.82) is 5.26 Å². The Kier molecular flexibility index (Phi) is 3.67. The molecule has 1 heterocycles.